The summed E-state index contributed by atoms with van der Waals surface area (Å²) >= 11 is 6.09. The third kappa shape index (κ3) is 7.72. The highest BCUT2D eigenvalue weighted by atomic mass is 35.5. The number of benzene rings is 3. The smallest absolute Gasteiger partial charge is 0.264 e. The van der Waals surface area contributed by atoms with Gasteiger partial charge in [-0.15, -0.1) is 0 Å². The number of hydrogen-bond donors (Lipinski definition) is 1. The molecule has 224 valence electrons. The van der Waals surface area contributed by atoms with Crippen molar-refractivity contribution in [2.24, 2.45) is 0 Å². The number of rotatable bonds is 10. The predicted octanol–water partition coefficient (Wildman–Crippen LogP) is 6.33. The minimum absolute atomic E-state index is 0.0785. The molecule has 0 heterocycles. The molecule has 0 aromatic heterocycles. The lowest BCUT2D eigenvalue weighted by atomic mass is 9.95. The van der Waals surface area contributed by atoms with Crippen LogP contribution >= 0.6 is 11.6 Å². The van der Waals surface area contributed by atoms with E-state index >= 15 is 0 Å². The molecular formula is C33H40ClN3O4S. The Bertz CT molecular complexity index is 1500. The standard InChI is InChI=1S/C33H40ClN3O4S/c1-23-10-17-30(18-11-23)42(40,41)37(31-19-12-24(2)20-25(31)3)22-32(38)36(21-27-13-15-28(34)16-14-27)26(4)33(39)35-29-8-6-5-7-9-29/h10-20,26,29H,5-9,21-22H2,1-4H3,(H,35,39)/t26-/m0/s1. The van der Waals surface area contributed by atoms with Gasteiger partial charge in [0.25, 0.3) is 10.0 Å². The van der Waals surface area contributed by atoms with Crippen LogP contribution in [0.4, 0.5) is 5.69 Å². The summed E-state index contributed by atoms with van der Waals surface area (Å²) in [7, 11) is -4.11. The third-order valence-corrected chi connectivity index (χ3v) is 9.92. The van der Waals surface area contributed by atoms with E-state index in [9.17, 15) is 18.0 Å². The summed E-state index contributed by atoms with van der Waals surface area (Å²) in [5.74, 6) is -0.726. The van der Waals surface area contributed by atoms with Gasteiger partial charge in [-0.3, -0.25) is 13.9 Å². The number of carbonyl (C=O) groups excluding carboxylic acids is 2. The van der Waals surface area contributed by atoms with E-state index in [0.29, 0.717) is 10.7 Å². The van der Waals surface area contributed by atoms with Gasteiger partial charge in [0.15, 0.2) is 0 Å². The zero-order valence-electron chi connectivity index (χ0n) is 24.8. The Balaban J connectivity index is 1.69. The van der Waals surface area contributed by atoms with Gasteiger partial charge in [0.1, 0.15) is 12.6 Å². The Hall–Kier alpha value is -3.36. The first-order valence-electron chi connectivity index (χ1n) is 14.5. The summed E-state index contributed by atoms with van der Waals surface area (Å²) in [6.45, 7) is 7.00. The molecule has 2 amide bonds. The molecule has 0 unspecified atom stereocenters. The van der Waals surface area contributed by atoms with Crippen LogP contribution in [-0.2, 0) is 26.2 Å². The van der Waals surface area contributed by atoms with Crippen molar-refractivity contribution < 1.29 is 18.0 Å². The van der Waals surface area contributed by atoms with Gasteiger partial charge in [0.05, 0.1) is 10.6 Å². The van der Waals surface area contributed by atoms with Crippen LogP contribution in [0.1, 0.15) is 61.3 Å². The van der Waals surface area contributed by atoms with Crippen molar-refractivity contribution in [2.45, 2.75) is 83.3 Å². The summed E-state index contributed by atoms with van der Waals surface area (Å²) in [5.41, 5.74) is 3.83. The number of carbonyl (C=O) groups is 2. The van der Waals surface area contributed by atoms with Crippen molar-refractivity contribution in [3.05, 3.63) is 94.0 Å². The summed E-state index contributed by atoms with van der Waals surface area (Å²) in [6.07, 6.45) is 5.12. The predicted molar refractivity (Wildman–Crippen MR) is 168 cm³/mol. The fourth-order valence-corrected chi connectivity index (χ4v) is 6.98. The maximum Gasteiger partial charge on any atom is 0.264 e. The fourth-order valence-electron chi connectivity index (χ4n) is 5.37. The molecule has 1 aliphatic carbocycles. The molecule has 9 heteroatoms. The van der Waals surface area contributed by atoms with Crippen molar-refractivity contribution >= 4 is 39.1 Å². The summed E-state index contributed by atoms with van der Waals surface area (Å²) in [6, 6.07) is 18.4. The topological polar surface area (TPSA) is 86.8 Å². The number of nitrogens with one attached hydrogen (secondary N) is 1. The molecule has 0 saturated heterocycles. The molecule has 4 rings (SSSR count). The lowest BCUT2D eigenvalue weighted by Gasteiger charge is -2.33. The van der Waals surface area contributed by atoms with Crippen LogP contribution in [0.15, 0.2) is 71.6 Å². The SMILES string of the molecule is Cc1ccc(S(=O)(=O)N(CC(=O)N(Cc2ccc(Cl)cc2)[C@@H](C)C(=O)NC2CCCCC2)c2ccc(C)cc2C)cc1. The maximum absolute atomic E-state index is 14.2. The van der Waals surface area contributed by atoms with Gasteiger partial charge in [0.2, 0.25) is 11.8 Å². The van der Waals surface area contributed by atoms with Gasteiger partial charge in [-0.05, 0) is 82.0 Å². The molecule has 1 atom stereocenters. The van der Waals surface area contributed by atoms with Crippen molar-refractivity contribution in [3.63, 3.8) is 0 Å². The van der Waals surface area contributed by atoms with Gasteiger partial charge in [-0.2, -0.15) is 0 Å². The molecule has 1 N–H and O–H groups in total. The van der Waals surface area contributed by atoms with Crippen LogP contribution in [0.2, 0.25) is 5.02 Å². The van der Waals surface area contributed by atoms with Gasteiger partial charge in [0, 0.05) is 17.6 Å². The fraction of sp³-hybridized carbons (Fsp3) is 0.394. The lowest BCUT2D eigenvalue weighted by molar-refractivity contribution is -0.139. The van der Waals surface area contributed by atoms with Crippen molar-refractivity contribution in [1.29, 1.82) is 0 Å². The van der Waals surface area contributed by atoms with E-state index in [-0.39, 0.29) is 23.4 Å². The Morgan fingerprint density at radius 1 is 0.905 bits per heavy atom. The first kappa shape index (κ1) is 31.6. The van der Waals surface area contributed by atoms with Gasteiger partial charge >= 0.3 is 0 Å². The monoisotopic (exact) mass is 609 g/mol. The van der Waals surface area contributed by atoms with E-state index in [1.165, 1.54) is 4.90 Å². The van der Waals surface area contributed by atoms with Crippen LogP contribution in [-0.4, -0.2) is 43.8 Å². The summed E-state index contributed by atoms with van der Waals surface area (Å²) < 4.78 is 29.3. The summed E-state index contributed by atoms with van der Waals surface area (Å²) in [4.78, 5) is 29.2. The Kier molecular flexibility index (Phi) is 10.3. The molecule has 3 aromatic carbocycles. The molecule has 7 nitrogen and oxygen atoms in total. The minimum Gasteiger partial charge on any atom is -0.352 e. The molecule has 0 aliphatic heterocycles. The van der Waals surface area contributed by atoms with Crippen molar-refractivity contribution in [1.82, 2.24) is 10.2 Å². The molecule has 1 fully saturated rings. The van der Waals surface area contributed by atoms with Gasteiger partial charge < -0.3 is 10.2 Å². The number of amides is 2. The average molecular weight is 610 g/mol. The second kappa shape index (κ2) is 13.7. The Morgan fingerprint density at radius 2 is 1.52 bits per heavy atom. The molecule has 0 bridgehead atoms. The molecule has 3 aromatic rings. The lowest BCUT2D eigenvalue weighted by Crippen LogP contribution is -2.53. The number of nitrogens with zero attached hydrogens (tertiary/aromatic N) is 2. The van der Waals surface area contributed by atoms with Gasteiger partial charge in [-0.1, -0.05) is 78.4 Å². The van der Waals surface area contributed by atoms with Crippen LogP contribution in [0.3, 0.4) is 0 Å². The maximum atomic E-state index is 14.2. The van der Waals surface area contributed by atoms with E-state index in [4.69, 9.17) is 11.6 Å². The number of halogens is 1. The zero-order chi connectivity index (χ0) is 30.4. The highest BCUT2D eigenvalue weighted by Gasteiger charge is 2.33. The van der Waals surface area contributed by atoms with E-state index in [1.54, 1.807) is 61.5 Å². The summed E-state index contributed by atoms with van der Waals surface area (Å²) in [5, 5.41) is 3.68. The Labute approximate surface area is 254 Å². The minimum atomic E-state index is -4.11. The van der Waals surface area contributed by atoms with Crippen molar-refractivity contribution in [3.8, 4) is 0 Å². The number of aryl methyl sites for hydroxylation is 3. The molecule has 0 radical (unpaired) electrons. The average Bonchev–Trinajstić information content (AvgIpc) is 2.96. The van der Waals surface area contributed by atoms with E-state index in [1.807, 2.05) is 32.9 Å². The first-order chi connectivity index (χ1) is 20.0. The van der Waals surface area contributed by atoms with Crippen LogP contribution < -0.4 is 9.62 Å². The van der Waals surface area contributed by atoms with E-state index < -0.39 is 28.5 Å². The number of sulfonamides is 1. The second-order valence-electron chi connectivity index (χ2n) is 11.3. The zero-order valence-corrected chi connectivity index (χ0v) is 26.3. The molecule has 0 spiro atoms. The normalized spacial score (nSPS) is 14.7. The highest BCUT2D eigenvalue weighted by molar-refractivity contribution is 7.92. The quantitative estimate of drug-likeness (QED) is 0.291. The third-order valence-electron chi connectivity index (χ3n) is 7.89. The van der Waals surface area contributed by atoms with Gasteiger partial charge in [-0.25, -0.2) is 8.42 Å². The van der Waals surface area contributed by atoms with Crippen molar-refractivity contribution in [2.75, 3.05) is 10.8 Å². The van der Waals surface area contributed by atoms with E-state index in [2.05, 4.69) is 5.32 Å². The largest absolute Gasteiger partial charge is 0.352 e. The molecule has 42 heavy (non-hydrogen) atoms. The number of hydrogen-bond acceptors (Lipinski definition) is 4. The second-order valence-corrected chi connectivity index (χ2v) is 13.6. The molecular weight excluding hydrogens is 570 g/mol. The van der Waals surface area contributed by atoms with Crippen LogP contribution in [0.25, 0.3) is 0 Å². The molecule has 1 aliphatic rings. The van der Waals surface area contributed by atoms with E-state index in [0.717, 1.165) is 58.7 Å². The Morgan fingerprint density at radius 3 is 2.14 bits per heavy atom. The van der Waals surface area contributed by atoms with Crippen LogP contribution in [0.5, 0.6) is 0 Å². The molecule has 1 saturated carbocycles. The number of anilines is 1. The van der Waals surface area contributed by atoms with Crippen LogP contribution in [0, 0.1) is 20.8 Å². The highest BCUT2D eigenvalue weighted by Crippen LogP contribution is 2.28. The first-order valence-corrected chi connectivity index (χ1v) is 16.3.